The lowest BCUT2D eigenvalue weighted by Gasteiger charge is -2.18. The highest BCUT2D eigenvalue weighted by Crippen LogP contribution is 2.31. The van der Waals surface area contributed by atoms with Crippen LogP contribution in [-0.2, 0) is 11.2 Å². The number of amides is 1. The van der Waals surface area contributed by atoms with Crippen LogP contribution in [0.25, 0.3) is 0 Å². The summed E-state index contributed by atoms with van der Waals surface area (Å²) in [6.45, 7) is 1.14. The van der Waals surface area contributed by atoms with Gasteiger partial charge in [-0.25, -0.2) is 4.79 Å². The monoisotopic (exact) mass is 369 g/mol. The molecule has 0 bridgehead atoms. The first-order valence-electron chi connectivity index (χ1n) is 8.84. The predicted molar refractivity (Wildman–Crippen MR) is 101 cm³/mol. The molecule has 3 rings (SSSR count). The highest BCUT2D eigenvalue weighted by molar-refractivity contribution is 5.89. The molecule has 1 fully saturated rings. The molecule has 6 heteroatoms. The number of likely N-dealkylation sites (tertiary alicyclic amines) is 1. The van der Waals surface area contributed by atoms with Crippen LogP contribution in [0, 0.1) is 0 Å². The number of methoxy groups -OCH3 is 2. The van der Waals surface area contributed by atoms with E-state index in [2.05, 4.69) is 0 Å². The molecule has 2 aromatic carbocycles. The third-order valence-electron chi connectivity index (χ3n) is 5.00. The molecule has 0 aliphatic carbocycles. The van der Waals surface area contributed by atoms with Gasteiger partial charge in [0.2, 0.25) is 5.91 Å². The zero-order chi connectivity index (χ0) is 19.4. The fourth-order valence-electron chi connectivity index (χ4n) is 3.58. The van der Waals surface area contributed by atoms with Crippen LogP contribution in [0.15, 0.2) is 42.5 Å². The van der Waals surface area contributed by atoms with E-state index in [1.807, 2.05) is 18.2 Å². The Morgan fingerprint density at radius 3 is 2.63 bits per heavy atom. The smallest absolute Gasteiger partial charge is 0.335 e. The maximum atomic E-state index is 12.8. The summed E-state index contributed by atoms with van der Waals surface area (Å²) in [5, 5.41) is 9.40. The van der Waals surface area contributed by atoms with Crippen LogP contribution in [0.4, 0.5) is 0 Å². The van der Waals surface area contributed by atoms with Crippen molar-refractivity contribution < 1.29 is 24.2 Å². The van der Waals surface area contributed by atoms with Gasteiger partial charge in [0.25, 0.3) is 0 Å². The van der Waals surface area contributed by atoms with E-state index in [0.29, 0.717) is 30.2 Å². The Bertz CT molecular complexity index is 848. The summed E-state index contributed by atoms with van der Waals surface area (Å²) < 4.78 is 10.6. The number of ether oxygens (including phenoxy) is 2. The molecule has 1 heterocycles. The van der Waals surface area contributed by atoms with Gasteiger partial charge >= 0.3 is 5.97 Å². The largest absolute Gasteiger partial charge is 0.497 e. The summed E-state index contributed by atoms with van der Waals surface area (Å²) in [5.74, 6) is 0.422. The summed E-state index contributed by atoms with van der Waals surface area (Å²) in [5.41, 5.74) is 1.88. The van der Waals surface area contributed by atoms with Crippen LogP contribution >= 0.6 is 0 Å². The molecule has 1 aliphatic rings. The SMILES string of the molecule is COc1ccc(OC)c(CC(=O)N2CC[C@@H](c3ccccc3C(=O)O)C2)c1. The Labute approximate surface area is 158 Å². The van der Waals surface area contributed by atoms with Crippen LogP contribution in [0.1, 0.15) is 33.8 Å². The molecule has 0 unspecified atom stereocenters. The average Bonchev–Trinajstić information content (AvgIpc) is 3.18. The molecule has 0 saturated carbocycles. The van der Waals surface area contributed by atoms with E-state index in [9.17, 15) is 14.7 Å². The molecule has 6 nitrogen and oxygen atoms in total. The molecule has 0 radical (unpaired) electrons. The van der Waals surface area contributed by atoms with Crippen molar-refractivity contribution in [1.82, 2.24) is 4.90 Å². The fraction of sp³-hybridized carbons (Fsp3) is 0.333. The number of carbonyl (C=O) groups is 2. The topological polar surface area (TPSA) is 76.1 Å². The zero-order valence-electron chi connectivity index (χ0n) is 15.5. The lowest BCUT2D eigenvalue weighted by molar-refractivity contribution is -0.129. The van der Waals surface area contributed by atoms with Crippen LogP contribution in [0.5, 0.6) is 11.5 Å². The molecule has 0 aromatic heterocycles. The van der Waals surface area contributed by atoms with E-state index in [1.54, 1.807) is 43.4 Å². The number of hydrogen-bond donors (Lipinski definition) is 1. The minimum atomic E-state index is -0.934. The lowest BCUT2D eigenvalue weighted by Crippen LogP contribution is -2.30. The van der Waals surface area contributed by atoms with Crippen LogP contribution in [-0.4, -0.2) is 49.2 Å². The minimum Gasteiger partial charge on any atom is -0.497 e. The first-order chi connectivity index (χ1) is 13.0. The Balaban J connectivity index is 1.73. The van der Waals surface area contributed by atoms with Gasteiger partial charge in [0.05, 0.1) is 26.2 Å². The van der Waals surface area contributed by atoms with Gasteiger partial charge < -0.3 is 19.5 Å². The number of carbonyl (C=O) groups excluding carboxylic acids is 1. The normalized spacial score (nSPS) is 16.2. The van der Waals surface area contributed by atoms with Gasteiger partial charge in [0.1, 0.15) is 11.5 Å². The Hall–Kier alpha value is -3.02. The molecule has 2 aromatic rings. The quantitative estimate of drug-likeness (QED) is 0.847. The van der Waals surface area contributed by atoms with Crippen LogP contribution < -0.4 is 9.47 Å². The third kappa shape index (κ3) is 4.05. The second-order valence-electron chi connectivity index (χ2n) is 6.57. The average molecular weight is 369 g/mol. The fourth-order valence-corrected chi connectivity index (χ4v) is 3.58. The molecule has 1 N–H and O–H groups in total. The summed E-state index contributed by atoms with van der Waals surface area (Å²) in [6, 6.07) is 12.4. The maximum Gasteiger partial charge on any atom is 0.335 e. The van der Waals surface area contributed by atoms with Gasteiger partial charge in [-0.1, -0.05) is 18.2 Å². The van der Waals surface area contributed by atoms with Gasteiger partial charge in [-0.2, -0.15) is 0 Å². The Kier molecular flexibility index (Phi) is 5.64. The van der Waals surface area contributed by atoms with Gasteiger partial charge in [-0.15, -0.1) is 0 Å². The molecule has 1 saturated heterocycles. The lowest BCUT2D eigenvalue weighted by atomic mass is 9.93. The van der Waals surface area contributed by atoms with Gasteiger partial charge in [-0.3, -0.25) is 4.79 Å². The highest BCUT2D eigenvalue weighted by Gasteiger charge is 2.30. The highest BCUT2D eigenvalue weighted by atomic mass is 16.5. The number of benzene rings is 2. The molecular weight excluding hydrogens is 346 g/mol. The van der Waals surface area contributed by atoms with Crippen molar-refractivity contribution in [2.45, 2.75) is 18.8 Å². The second kappa shape index (κ2) is 8.12. The van der Waals surface area contributed by atoms with Gasteiger partial charge in [-0.05, 0) is 36.2 Å². The van der Waals surface area contributed by atoms with Gasteiger partial charge in [0, 0.05) is 24.6 Å². The summed E-state index contributed by atoms with van der Waals surface area (Å²) in [4.78, 5) is 26.0. The summed E-state index contributed by atoms with van der Waals surface area (Å²) in [7, 11) is 3.16. The summed E-state index contributed by atoms with van der Waals surface area (Å²) >= 11 is 0. The van der Waals surface area contributed by atoms with E-state index in [4.69, 9.17) is 9.47 Å². The maximum absolute atomic E-state index is 12.8. The number of carboxylic acid groups (broad SMARTS) is 1. The van der Waals surface area contributed by atoms with Gasteiger partial charge in [0.15, 0.2) is 0 Å². The van der Waals surface area contributed by atoms with E-state index in [-0.39, 0.29) is 18.2 Å². The van der Waals surface area contributed by atoms with Crippen molar-refractivity contribution in [3.8, 4) is 11.5 Å². The number of hydrogen-bond acceptors (Lipinski definition) is 4. The molecule has 1 amide bonds. The number of carboxylic acids is 1. The third-order valence-corrected chi connectivity index (χ3v) is 5.00. The Morgan fingerprint density at radius 1 is 1.15 bits per heavy atom. The van der Waals surface area contributed by atoms with Crippen molar-refractivity contribution in [2.24, 2.45) is 0 Å². The van der Waals surface area contributed by atoms with Crippen LogP contribution in [0.3, 0.4) is 0 Å². The van der Waals surface area contributed by atoms with Crippen molar-refractivity contribution in [3.63, 3.8) is 0 Å². The number of nitrogens with zero attached hydrogens (tertiary/aromatic N) is 1. The van der Waals surface area contributed by atoms with Crippen molar-refractivity contribution in [3.05, 3.63) is 59.2 Å². The first-order valence-corrected chi connectivity index (χ1v) is 8.84. The number of aromatic carboxylic acids is 1. The zero-order valence-corrected chi connectivity index (χ0v) is 15.5. The molecule has 27 heavy (non-hydrogen) atoms. The van der Waals surface area contributed by atoms with Crippen LogP contribution in [0.2, 0.25) is 0 Å². The summed E-state index contributed by atoms with van der Waals surface area (Å²) in [6.07, 6.45) is 0.971. The van der Waals surface area contributed by atoms with Crippen molar-refractivity contribution in [2.75, 3.05) is 27.3 Å². The minimum absolute atomic E-state index is 0.00291. The second-order valence-corrected chi connectivity index (χ2v) is 6.57. The van der Waals surface area contributed by atoms with E-state index >= 15 is 0 Å². The predicted octanol–water partition coefficient (Wildman–Crippen LogP) is 2.96. The molecule has 0 spiro atoms. The van der Waals surface area contributed by atoms with Crippen molar-refractivity contribution in [1.29, 1.82) is 0 Å². The standard InChI is InChI=1S/C21H23NO5/c1-26-16-7-8-19(27-2)15(11-16)12-20(23)22-10-9-14(13-22)17-5-3-4-6-18(17)21(24)25/h3-8,11,14H,9-10,12-13H2,1-2H3,(H,24,25)/t14-/m1/s1. The number of rotatable bonds is 6. The van der Waals surface area contributed by atoms with Crippen molar-refractivity contribution >= 4 is 11.9 Å². The molecule has 1 aliphatic heterocycles. The molecular formula is C21H23NO5. The first kappa shape index (κ1) is 18.8. The molecule has 1 atom stereocenters. The Morgan fingerprint density at radius 2 is 1.93 bits per heavy atom. The van der Waals surface area contributed by atoms with E-state index in [0.717, 1.165) is 17.5 Å². The van der Waals surface area contributed by atoms with E-state index < -0.39 is 5.97 Å². The van der Waals surface area contributed by atoms with E-state index in [1.165, 1.54) is 0 Å². The molecule has 142 valence electrons.